The summed E-state index contributed by atoms with van der Waals surface area (Å²) in [6, 6.07) is 22.1. The van der Waals surface area contributed by atoms with Crippen LogP contribution in [0, 0.1) is 6.92 Å². The quantitative estimate of drug-likeness (QED) is 0.395. The van der Waals surface area contributed by atoms with Gasteiger partial charge < -0.3 is 25.0 Å². The monoisotopic (exact) mass is 496 g/mol. The van der Waals surface area contributed by atoms with Gasteiger partial charge in [-0.05, 0) is 61.0 Å². The number of carboxylic acid groups (broad SMARTS) is 1. The standard InChI is InChI=1S/C29H28N4O4/c1-19-6-5-7-21(16-19)32-12-14-33(15-13-32)27-18-24(29(35)36)23-17-20(10-11-25(23)31-27)30-28(34)22-8-3-4-9-26(22)37-2/h3-11,16-18H,12-15H2,1-2H3,(H,30,34)(H,35,36). The van der Waals surface area contributed by atoms with E-state index in [0.29, 0.717) is 33.7 Å². The molecular weight excluding hydrogens is 468 g/mol. The Bertz CT molecular complexity index is 1480. The molecule has 37 heavy (non-hydrogen) atoms. The van der Waals surface area contributed by atoms with Gasteiger partial charge in [-0.3, -0.25) is 4.79 Å². The largest absolute Gasteiger partial charge is 0.496 e. The molecule has 1 aromatic heterocycles. The van der Waals surface area contributed by atoms with Crippen LogP contribution in [0.2, 0.25) is 0 Å². The number of aromatic nitrogens is 1. The molecule has 1 aliphatic rings. The van der Waals surface area contributed by atoms with Crippen LogP contribution >= 0.6 is 0 Å². The van der Waals surface area contributed by atoms with Gasteiger partial charge in [0.1, 0.15) is 11.6 Å². The van der Waals surface area contributed by atoms with Crippen molar-refractivity contribution in [2.75, 3.05) is 48.4 Å². The van der Waals surface area contributed by atoms with Crippen LogP contribution in [0.25, 0.3) is 10.9 Å². The minimum absolute atomic E-state index is 0.148. The number of ether oxygens (including phenoxy) is 1. The molecule has 0 spiro atoms. The summed E-state index contributed by atoms with van der Waals surface area (Å²) >= 11 is 0. The van der Waals surface area contributed by atoms with Gasteiger partial charge in [0, 0.05) is 42.9 Å². The molecular formula is C29H28N4O4. The average Bonchev–Trinajstić information content (AvgIpc) is 2.92. The van der Waals surface area contributed by atoms with Crippen molar-refractivity contribution in [3.05, 3.63) is 89.5 Å². The van der Waals surface area contributed by atoms with Crippen molar-refractivity contribution in [3.63, 3.8) is 0 Å². The first-order chi connectivity index (χ1) is 17.9. The molecule has 0 atom stereocenters. The number of hydrogen-bond donors (Lipinski definition) is 2. The fourth-order valence-electron chi connectivity index (χ4n) is 4.68. The molecule has 188 valence electrons. The van der Waals surface area contributed by atoms with E-state index in [0.717, 1.165) is 26.2 Å². The van der Waals surface area contributed by atoms with Gasteiger partial charge in [0.2, 0.25) is 0 Å². The maximum atomic E-state index is 12.8. The fraction of sp³-hybridized carbons (Fsp3) is 0.207. The highest BCUT2D eigenvalue weighted by atomic mass is 16.5. The third kappa shape index (κ3) is 5.04. The Morgan fingerprint density at radius 3 is 2.38 bits per heavy atom. The third-order valence-electron chi connectivity index (χ3n) is 6.61. The van der Waals surface area contributed by atoms with Crippen LogP contribution in [-0.2, 0) is 0 Å². The Kier molecular flexibility index (Phi) is 6.64. The van der Waals surface area contributed by atoms with Gasteiger partial charge in [0.05, 0.1) is 23.8 Å². The molecule has 0 radical (unpaired) electrons. The van der Waals surface area contributed by atoms with Gasteiger partial charge in [0.25, 0.3) is 5.91 Å². The number of aromatic carboxylic acids is 1. The van der Waals surface area contributed by atoms with Gasteiger partial charge in [-0.15, -0.1) is 0 Å². The minimum atomic E-state index is -1.04. The summed E-state index contributed by atoms with van der Waals surface area (Å²) in [6.07, 6.45) is 0. The fourth-order valence-corrected chi connectivity index (χ4v) is 4.68. The number of nitrogens with zero attached hydrogens (tertiary/aromatic N) is 3. The van der Waals surface area contributed by atoms with Crippen molar-refractivity contribution < 1.29 is 19.4 Å². The second kappa shape index (κ2) is 10.2. The second-order valence-corrected chi connectivity index (χ2v) is 9.03. The molecule has 2 heterocycles. The van der Waals surface area contributed by atoms with Gasteiger partial charge in [-0.2, -0.15) is 0 Å². The highest BCUT2D eigenvalue weighted by molar-refractivity contribution is 6.09. The number of pyridine rings is 1. The van der Waals surface area contributed by atoms with Crippen LogP contribution in [0.4, 0.5) is 17.2 Å². The molecule has 4 aromatic rings. The van der Waals surface area contributed by atoms with E-state index in [-0.39, 0.29) is 11.5 Å². The number of para-hydroxylation sites is 1. The Labute approximate surface area is 215 Å². The predicted molar refractivity (Wildman–Crippen MR) is 145 cm³/mol. The summed E-state index contributed by atoms with van der Waals surface area (Å²) in [5.41, 5.74) is 4.00. The van der Waals surface area contributed by atoms with Gasteiger partial charge in [-0.1, -0.05) is 24.3 Å². The number of carbonyl (C=O) groups excluding carboxylic acids is 1. The summed E-state index contributed by atoms with van der Waals surface area (Å²) < 4.78 is 5.28. The predicted octanol–water partition coefficient (Wildman–Crippen LogP) is 4.83. The first kappa shape index (κ1) is 24.1. The lowest BCUT2D eigenvalue weighted by molar-refractivity contribution is 0.0698. The highest BCUT2D eigenvalue weighted by Gasteiger charge is 2.22. The molecule has 8 heteroatoms. The molecule has 0 saturated carbocycles. The van der Waals surface area contributed by atoms with E-state index in [1.165, 1.54) is 18.4 Å². The van der Waals surface area contributed by atoms with Gasteiger partial charge in [0.15, 0.2) is 0 Å². The van der Waals surface area contributed by atoms with Crippen molar-refractivity contribution in [1.29, 1.82) is 0 Å². The maximum Gasteiger partial charge on any atom is 0.336 e. The van der Waals surface area contributed by atoms with Crippen molar-refractivity contribution in [2.45, 2.75) is 6.92 Å². The van der Waals surface area contributed by atoms with E-state index in [9.17, 15) is 14.7 Å². The summed E-state index contributed by atoms with van der Waals surface area (Å²) in [7, 11) is 1.51. The number of benzene rings is 3. The molecule has 5 rings (SSSR count). The summed E-state index contributed by atoms with van der Waals surface area (Å²) in [6.45, 7) is 5.19. The average molecular weight is 497 g/mol. The zero-order valence-electron chi connectivity index (χ0n) is 20.8. The number of fused-ring (bicyclic) bond motifs is 1. The first-order valence-corrected chi connectivity index (χ1v) is 12.1. The molecule has 3 aromatic carbocycles. The number of piperazine rings is 1. The second-order valence-electron chi connectivity index (χ2n) is 9.03. The zero-order chi connectivity index (χ0) is 25.9. The Hall–Kier alpha value is -4.59. The number of aryl methyl sites for hydroxylation is 1. The number of carboxylic acids is 1. The molecule has 2 N–H and O–H groups in total. The molecule has 1 aliphatic heterocycles. The molecule has 0 unspecified atom stereocenters. The lowest BCUT2D eigenvalue weighted by Gasteiger charge is -2.37. The summed E-state index contributed by atoms with van der Waals surface area (Å²) in [5.74, 6) is -0.287. The number of amides is 1. The van der Waals surface area contributed by atoms with Crippen LogP contribution in [0.15, 0.2) is 72.8 Å². The SMILES string of the molecule is COc1ccccc1C(=O)Nc1ccc2nc(N3CCN(c4cccc(C)c4)CC3)cc(C(=O)O)c2c1. The lowest BCUT2D eigenvalue weighted by Crippen LogP contribution is -2.46. The summed E-state index contributed by atoms with van der Waals surface area (Å²) in [4.78, 5) is 34.2. The number of carbonyl (C=O) groups is 2. The van der Waals surface area contributed by atoms with E-state index in [1.54, 1.807) is 48.5 Å². The molecule has 0 bridgehead atoms. The Morgan fingerprint density at radius 2 is 1.65 bits per heavy atom. The number of nitrogens with one attached hydrogen (secondary N) is 1. The zero-order valence-corrected chi connectivity index (χ0v) is 20.8. The molecule has 0 aliphatic carbocycles. The van der Waals surface area contributed by atoms with Gasteiger partial charge >= 0.3 is 5.97 Å². The van der Waals surface area contributed by atoms with Crippen LogP contribution in [0.3, 0.4) is 0 Å². The van der Waals surface area contributed by atoms with Crippen molar-refractivity contribution in [3.8, 4) is 5.75 Å². The lowest BCUT2D eigenvalue weighted by atomic mass is 10.1. The normalized spacial score (nSPS) is 13.5. The van der Waals surface area contributed by atoms with E-state index in [4.69, 9.17) is 9.72 Å². The third-order valence-corrected chi connectivity index (χ3v) is 6.61. The number of hydrogen-bond acceptors (Lipinski definition) is 6. The van der Waals surface area contributed by atoms with Crippen LogP contribution < -0.4 is 19.9 Å². The molecule has 8 nitrogen and oxygen atoms in total. The highest BCUT2D eigenvalue weighted by Crippen LogP contribution is 2.28. The Morgan fingerprint density at radius 1 is 0.892 bits per heavy atom. The topological polar surface area (TPSA) is 95.0 Å². The maximum absolute atomic E-state index is 12.8. The van der Waals surface area contributed by atoms with E-state index < -0.39 is 5.97 Å². The van der Waals surface area contributed by atoms with Crippen LogP contribution in [-0.4, -0.2) is 55.3 Å². The van der Waals surface area contributed by atoms with Crippen molar-refractivity contribution in [1.82, 2.24) is 4.98 Å². The molecule has 1 fully saturated rings. The number of rotatable bonds is 6. The number of anilines is 3. The molecule has 1 saturated heterocycles. The van der Waals surface area contributed by atoms with E-state index >= 15 is 0 Å². The van der Waals surface area contributed by atoms with E-state index in [2.05, 4.69) is 46.3 Å². The van der Waals surface area contributed by atoms with Crippen molar-refractivity contribution >= 4 is 40.0 Å². The Balaban J connectivity index is 1.38. The summed E-state index contributed by atoms with van der Waals surface area (Å²) in [5, 5.41) is 13.3. The van der Waals surface area contributed by atoms with E-state index in [1.807, 2.05) is 0 Å². The van der Waals surface area contributed by atoms with Crippen molar-refractivity contribution in [2.24, 2.45) is 0 Å². The smallest absolute Gasteiger partial charge is 0.336 e. The van der Waals surface area contributed by atoms with Crippen LogP contribution in [0.5, 0.6) is 5.75 Å². The minimum Gasteiger partial charge on any atom is -0.496 e. The number of methoxy groups -OCH3 is 1. The molecule has 1 amide bonds. The van der Waals surface area contributed by atoms with Gasteiger partial charge in [-0.25, -0.2) is 9.78 Å². The van der Waals surface area contributed by atoms with Crippen LogP contribution in [0.1, 0.15) is 26.3 Å². The first-order valence-electron chi connectivity index (χ1n) is 12.1.